The van der Waals surface area contributed by atoms with E-state index in [9.17, 15) is 4.79 Å². The van der Waals surface area contributed by atoms with Gasteiger partial charge in [0.1, 0.15) is 5.75 Å². The molecular weight excluding hydrogens is 254 g/mol. The number of carbonyl (C=O) groups is 1. The van der Waals surface area contributed by atoms with Gasteiger partial charge in [-0.1, -0.05) is 18.2 Å². The van der Waals surface area contributed by atoms with Gasteiger partial charge in [0, 0.05) is 25.1 Å². The van der Waals surface area contributed by atoms with E-state index >= 15 is 0 Å². The Morgan fingerprint density at radius 2 is 2.25 bits per heavy atom. The van der Waals surface area contributed by atoms with Crippen LogP contribution in [0.5, 0.6) is 5.75 Å². The number of likely N-dealkylation sites (tertiary alicyclic amines) is 1. The number of hydrogen-bond acceptors (Lipinski definition) is 3. The fourth-order valence-electron chi connectivity index (χ4n) is 2.79. The zero-order valence-electron chi connectivity index (χ0n) is 12.0. The number of carboxylic acid groups (broad SMARTS) is 1. The molecule has 4 heteroatoms. The molecule has 0 aliphatic carbocycles. The van der Waals surface area contributed by atoms with Gasteiger partial charge in [0.15, 0.2) is 0 Å². The monoisotopic (exact) mass is 277 g/mol. The summed E-state index contributed by atoms with van der Waals surface area (Å²) in [6.45, 7) is 5.60. The average molecular weight is 277 g/mol. The second kappa shape index (κ2) is 7.29. The van der Waals surface area contributed by atoms with Crippen molar-refractivity contribution in [1.29, 1.82) is 0 Å². The van der Waals surface area contributed by atoms with E-state index in [-0.39, 0.29) is 6.42 Å². The van der Waals surface area contributed by atoms with E-state index in [1.165, 1.54) is 5.56 Å². The van der Waals surface area contributed by atoms with E-state index in [4.69, 9.17) is 9.84 Å². The van der Waals surface area contributed by atoms with Crippen molar-refractivity contribution in [2.45, 2.75) is 32.7 Å². The maximum atomic E-state index is 10.6. The highest BCUT2D eigenvalue weighted by atomic mass is 16.5. The van der Waals surface area contributed by atoms with Crippen molar-refractivity contribution < 1.29 is 14.6 Å². The molecule has 1 N–H and O–H groups in total. The Labute approximate surface area is 120 Å². The predicted octanol–water partition coefficient (Wildman–Crippen LogP) is 2.77. The molecule has 1 aromatic carbocycles. The van der Waals surface area contributed by atoms with E-state index in [0.29, 0.717) is 12.5 Å². The molecule has 1 aliphatic rings. The number of nitrogens with zero attached hydrogens (tertiary/aromatic N) is 1. The zero-order valence-corrected chi connectivity index (χ0v) is 12.0. The first kappa shape index (κ1) is 14.9. The third-order valence-corrected chi connectivity index (χ3v) is 3.80. The molecule has 1 aliphatic heterocycles. The van der Waals surface area contributed by atoms with Crippen LogP contribution in [0.3, 0.4) is 0 Å². The molecule has 1 aromatic rings. The van der Waals surface area contributed by atoms with Crippen LogP contribution in [0.15, 0.2) is 24.3 Å². The lowest BCUT2D eigenvalue weighted by molar-refractivity contribution is -0.137. The van der Waals surface area contributed by atoms with Gasteiger partial charge in [-0.15, -0.1) is 0 Å². The highest BCUT2D eigenvalue weighted by molar-refractivity contribution is 5.66. The summed E-state index contributed by atoms with van der Waals surface area (Å²) >= 11 is 0. The average Bonchev–Trinajstić information content (AvgIpc) is 2.87. The van der Waals surface area contributed by atoms with Crippen LogP contribution in [0.4, 0.5) is 0 Å². The number of carboxylic acids is 1. The van der Waals surface area contributed by atoms with Crippen LogP contribution in [0, 0.1) is 5.92 Å². The number of para-hydroxylation sites is 1. The minimum absolute atomic E-state index is 0.286. The van der Waals surface area contributed by atoms with Crippen LogP contribution in [0.1, 0.15) is 31.7 Å². The number of ether oxygens (including phenoxy) is 1. The molecule has 0 aromatic heterocycles. The van der Waals surface area contributed by atoms with Crippen molar-refractivity contribution in [3.8, 4) is 5.75 Å². The van der Waals surface area contributed by atoms with Crippen LogP contribution < -0.4 is 4.74 Å². The third-order valence-electron chi connectivity index (χ3n) is 3.80. The van der Waals surface area contributed by atoms with Gasteiger partial charge in [-0.25, -0.2) is 0 Å². The van der Waals surface area contributed by atoms with E-state index in [1.54, 1.807) is 0 Å². The normalized spacial score (nSPS) is 19.1. The molecular formula is C16H23NO3. The van der Waals surface area contributed by atoms with Gasteiger partial charge >= 0.3 is 5.97 Å². The Hall–Kier alpha value is -1.55. The SMILES string of the molecule is CCOc1ccccc1CN1CCC(CCC(=O)O)C1. The summed E-state index contributed by atoms with van der Waals surface area (Å²) in [5.41, 5.74) is 1.22. The molecule has 1 saturated heterocycles. The molecule has 0 saturated carbocycles. The van der Waals surface area contributed by atoms with E-state index in [2.05, 4.69) is 11.0 Å². The Kier molecular flexibility index (Phi) is 5.41. The lowest BCUT2D eigenvalue weighted by Gasteiger charge is -2.18. The van der Waals surface area contributed by atoms with E-state index in [0.717, 1.165) is 38.2 Å². The standard InChI is InChI=1S/C16H23NO3/c1-2-20-15-6-4-3-5-14(15)12-17-10-9-13(11-17)7-8-16(18)19/h3-6,13H,2,7-12H2,1H3,(H,18,19). The van der Waals surface area contributed by atoms with Crippen molar-refractivity contribution in [1.82, 2.24) is 4.90 Å². The Balaban J connectivity index is 1.87. The first-order valence-corrected chi connectivity index (χ1v) is 7.34. The molecule has 1 fully saturated rings. The smallest absolute Gasteiger partial charge is 0.303 e. The number of hydrogen-bond donors (Lipinski definition) is 1. The van der Waals surface area contributed by atoms with Crippen molar-refractivity contribution in [2.75, 3.05) is 19.7 Å². The summed E-state index contributed by atoms with van der Waals surface area (Å²) in [5.74, 6) is 0.791. The highest BCUT2D eigenvalue weighted by Crippen LogP contribution is 2.25. The van der Waals surface area contributed by atoms with Crippen LogP contribution in [0.2, 0.25) is 0 Å². The molecule has 0 radical (unpaired) electrons. The van der Waals surface area contributed by atoms with Gasteiger partial charge in [0.05, 0.1) is 6.61 Å². The Morgan fingerprint density at radius 3 is 3.00 bits per heavy atom. The molecule has 1 unspecified atom stereocenters. The van der Waals surface area contributed by atoms with Gasteiger partial charge in [0.2, 0.25) is 0 Å². The van der Waals surface area contributed by atoms with Gasteiger partial charge in [-0.2, -0.15) is 0 Å². The molecule has 1 heterocycles. The third kappa shape index (κ3) is 4.23. The predicted molar refractivity (Wildman–Crippen MR) is 77.9 cm³/mol. The maximum Gasteiger partial charge on any atom is 0.303 e. The van der Waals surface area contributed by atoms with Gasteiger partial charge < -0.3 is 9.84 Å². The van der Waals surface area contributed by atoms with Crippen LogP contribution in [0.25, 0.3) is 0 Å². The van der Waals surface area contributed by atoms with Crippen LogP contribution in [-0.4, -0.2) is 35.7 Å². The van der Waals surface area contributed by atoms with Crippen molar-refractivity contribution in [3.63, 3.8) is 0 Å². The molecule has 0 amide bonds. The van der Waals surface area contributed by atoms with Crippen molar-refractivity contribution in [2.24, 2.45) is 5.92 Å². The molecule has 110 valence electrons. The maximum absolute atomic E-state index is 10.6. The topological polar surface area (TPSA) is 49.8 Å². The number of rotatable bonds is 7. The lowest BCUT2D eigenvalue weighted by Crippen LogP contribution is -2.20. The van der Waals surface area contributed by atoms with Crippen molar-refractivity contribution in [3.05, 3.63) is 29.8 Å². The zero-order chi connectivity index (χ0) is 14.4. The largest absolute Gasteiger partial charge is 0.494 e. The molecule has 2 rings (SSSR count). The first-order chi connectivity index (χ1) is 9.69. The summed E-state index contributed by atoms with van der Waals surface area (Å²) in [7, 11) is 0. The minimum Gasteiger partial charge on any atom is -0.494 e. The first-order valence-electron chi connectivity index (χ1n) is 7.34. The second-order valence-electron chi connectivity index (χ2n) is 5.36. The van der Waals surface area contributed by atoms with E-state index < -0.39 is 5.97 Å². The second-order valence-corrected chi connectivity index (χ2v) is 5.36. The van der Waals surface area contributed by atoms with Gasteiger partial charge in [-0.05, 0) is 38.3 Å². The molecule has 0 bridgehead atoms. The molecule has 20 heavy (non-hydrogen) atoms. The lowest BCUT2D eigenvalue weighted by atomic mass is 10.0. The quantitative estimate of drug-likeness (QED) is 0.832. The minimum atomic E-state index is -0.690. The Morgan fingerprint density at radius 1 is 1.45 bits per heavy atom. The van der Waals surface area contributed by atoms with Gasteiger partial charge in [0.25, 0.3) is 0 Å². The number of aliphatic carboxylic acids is 1. The Bertz CT molecular complexity index is 447. The summed E-state index contributed by atoms with van der Waals surface area (Å²) in [6, 6.07) is 8.15. The summed E-state index contributed by atoms with van der Waals surface area (Å²) in [4.78, 5) is 13.0. The van der Waals surface area contributed by atoms with Crippen LogP contribution in [-0.2, 0) is 11.3 Å². The van der Waals surface area contributed by atoms with Crippen molar-refractivity contribution >= 4 is 5.97 Å². The molecule has 4 nitrogen and oxygen atoms in total. The van der Waals surface area contributed by atoms with E-state index in [1.807, 2.05) is 25.1 Å². The fraction of sp³-hybridized carbons (Fsp3) is 0.562. The highest BCUT2D eigenvalue weighted by Gasteiger charge is 2.23. The fourth-order valence-corrected chi connectivity index (χ4v) is 2.79. The summed E-state index contributed by atoms with van der Waals surface area (Å²) < 4.78 is 5.65. The molecule has 0 spiro atoms. The van der Waals surface area contributed by atoms with Crippen LogP contribution >= 0.6 is 0 Å². The summed E-state index contributed by atoms with van der Waals surface area (Å²) in [6.07, 6.45) is 2.18. The van der Waals surface area contributed by atoms with Gasteiger partial charge in [-0.3, -0.25) is 9.69 Å². The number of benzene rings is 1. The molecule has 1 atom stereocenters. The summed E-state index contributed by atoms with van der Waals surface area (Å²) in [5, 5.41) is 8.74.